The standard InChI is InChI=1S/C14H12O4S.ClH/c15-14(16)13-9-5-4-6-11(13)10-19(17,18)12-7-2-1-3-8-12;/h1-9H,10H2,(H,15,16);1H. The van der Waals surface area contributed by atoms with Crippen LogP contribution in [0.1, 0.15) is 15.9 Å². The van der Waals surface area contributed by atoms with Gasteiger partial charge in [0.15, 0.2) is 9.84 Å². The van der Waals surface area contributed by atoms with Crippen molar-refractivity contribution in [3.63, 3.8) is 0 Å². The van der Waals surface area contributed by atoms with Gasteiger partial charge in [-0.2, -0.15) is 0 Å². The van der Waals surface area contributed by atoms with Gasteiger partial charge in [-0.1, -0.05) is 36.4 Å². The normalized spacial score (nSPS) is 10.6. The van der Waals surface area contributed by atoms with Crippen LogP contribution in [-0.4, -0.2) is 19.5 Å². The summed E-state index contributed by atoms with van der Waals surface area (Å²) in [4.78, 5) is 11.2. The Kier molecular flexibility index (Phi) is 5.30. The molecule has 0 bridgehead atoms. The summed E-state index contributed by atoms with van der Waals surface area (Å²) in [5.41, 5.74) is 0.306. The van der Waals surface area contributed by atoms with E-state index < -0.39 is 15.8 Å². The smallest absolute Gasteiger partial charge is 0.335 e. The zero-order valence-electron chi connectivity index (χ0n) is 10.4. The summed E-state index contributed by atoms with van der Waals surface area (Å²) in [6.45, 7) is 0. The fourth-order valence-electron chi connectivity index (χ4n) is 1.77. The van der Waals surface area contributed by atoms with Gasteiger partial charge < -0.3 is 5.11 Å². The Hall–Kier alpha value is -1.85. The van der Waals surface area contributed by atoms with Gasteiger partial charge in [-0.15, -0.1) is 12.4 Å². The van der Waals surface area contributed by atoms with Crippen LogP contribution in [0.25, 0.3) is 0 Å². The Morgan fingerprint density at radius 3 is 2.10 bits per heavy atom. The van der Waals surface area contributed by atoms with Crippen molar-refractivity contribution >= 4 is 28.2 Å². The molecule has 2 rings (SSSR count). The van der Waals surface area contributed by atoms with E-state index in [2.05, 4.69) is 0 Å². The highest BCUT2D eigenvalue weighted by atomic mass is 35.5. The molecule has 0 aliphatic carbocycles. The Morgan fingerprint density at radius 1 is 0.950 bits per heavy atom. The number of carboxylic acids is 1. The molecule has 0 aromatic heterocycles. The van der Waals surface area contributed by atoms with Crippen molar-refractivity contribution in [3.05, 3.63) is 65.7 Å². The molecule has 0 spiro atoms. The number of hydrogen-bond donors (Lipinski definition) is 1. The Balaban J connectivity index is 0.00000200. The minimum atomic E-state index is -3.53. The average molecular weight is 313 g/mol. The van der Waals surface area contributed by atoms with Crippen LogP contribution in [0, 0.1) is 0 Å². The van der Waals surface area contributed by atoms with Gasteiger partial charge in [-0.25, -0.2) is 13.2 Å². The fraction of sp³-hybridized carbons (Fsp3) is 0.0714. The number of rotatable bonds is 4. The van der Waals surface area contributed by atoms with E-state index in [1.54, 1.807) is 30.3 Å². The number of benzene rings is 2. The molecular formula is C14H13ClO4S. The summed E-state index contributed by atoms with van der Waals surface area (Å²) in [7, 11) is -3.53. The lowest BCUT2D eigenvalue weighted by atomic mass is 10.1. The summed E-state index contributed by atoms with van der Waals surface area (Å²) in [5.74, 6) is -1.45. The van der Waals surface area contributed by atoms with Gasteiger partial charge in [0, 0.05) is 0 Å². The quantitative estimate of drug-likeness (QED) is 0.942. The summed E-state index contributed by atoms with van der Waals surface area (Å²) >= 11 is 0. The van der Waals surface area contributed by atoms with Gasteiger partial charge in [-0.05, 0) is 23.8 Å². The zero-order valence-corrected chi connectivity index (χ0v) is 12.0. The van der Waals surface area contributed by atoms with E-state index in [0.29, 0.717) is 5.56 Å². The van der Waals surface area contributed by atoms with Gasteiger partial charge >= 0.3 is 5.97 Å². The van der Waals surface area contributed by atoms with Gasteiger partial charge in [0.2, 0.25) is 0 Å². The molecule has 0 amide bonds. The van der Waals surface area contributed by atoms with Crippen LogP contribution in [0.2, 0.25) is 0 Å². The number of aromatic carboxylic acids is 1. The van der Waals surface area contributed by atoms with E-state index in [0.717, 1.165) is 0 Å². The van der Waals surface area contributed by atoms with E-state index in [4.69, 9.17) is 5.11 Å². The van der Waals surface area contributed by atoms with Gasteiger partial charge in [0.25, 0.3) is 0 Å². The number of carboxylic acid groups (broad SMARTS) is 1. The van der Waals surface area contributed by atoms with Crippen LogP contribution >= 0.6 is 12.4 Å². The Labute approximate surface area is 123 Å². The molecule has 0 aliphatic rings. The summed E-state index contributed by atoms with van der Waals surface area (Å²) in [6, 6.07) is 14.1. The number of sulfone groups is 1. The second kappa shape index (κ2) is 6.54. The summed E-state index contributed by atoms with van der Waals surface area (Å²) in [5, 5.41) is 9.04. The van der Waals surface area contributed by atoms with Gasteiger partial charge in [0.1, 0.15) is 0 Å². The van der Waals surface area contributed by atoms with Crippen LogP contribution < -0.4 is 0 Å². The van der Waals surface area contributed by atoms with E-state index in [9.17, 15) is 13.2 Å². The maximum absolute atomic E-state index is 12.2. The van der Waals surface area contributed by atoms with Crippen LogP contribution in [0.4, 0.5) is 0 Å². The monoisotopic (exact) mass is 312 g/mol. The predicted octanol–water partition coefficient (Wildman–Crippen LogP) is 2.78. The molecule has 106 valence electrons. The first-order chi connectivity index (χ1) is 9.00. The van der Waals surface area contributed by atoms with Crippen molar-refractivity contribution in [2.75, 3.05) is 0 Å². The molecule has 0 saturated carbocycles. The van der Waals surface area contributed by atoms with E-state index in [-0.39, 0.29) is 28.6 Å². The second-order valence-corrected chi connectivity index (χ2v) is 6.02. The van der Waals surface area contributed by atoms with Crippen molar-refractivity contribution in [2.24, 2.45) is 0 Å². The van der Waals surface area contributed by atoms with Crippen molar-refractivity contribution in [1.82, 2.24) is 0 Å². The number of carbonyl (C=O) groups is 1. The number of halogens is 1. The molecule has 4 nitrogen and oxygen atoms in total. The first-order valence-electron chi connectivity index (χ1n) is 5.60. The highest BCUT2D eigenvalue weighted by molar-refractivity contribution is 7.90. The van der Waals surface area contributed by atoms with Crippen molar-refractivity contribution < 1.29 is 18.3 Å². The average Bonchev–Trinajstić information content (AvgIpc) is 2.39. The molecule has 1 N–H and O–H groups in total. The third kappa shape index (κ3) is 3.59. The minimum Gasteiger partial charge on any atom is -0.478 e. The molecule has 0 unspecified atom stereocenters. The Bertz CT molecular complexity index is 696. The molecule has 0 radical (unpaired) electrons. The molecule has 2 aromatic rings. The molecule has 2 aromatic carbocycles. The first kappa shape index (κ1) is 16.2. The SMILES string of the molecule is Cl.O=C(O)c1ccccc1CS(=O)(=O)c1ccccc1. The molecule has 0 fully saturated rings. The highest BCUT2D eigenvalue weighted by Crippen LogP contribution is 2.18. The van der Waals surface area contributed by atoms with Crippen molar-refractivity contribution in [1.29, 1.82) is 0 Å². The Morgan fingerprint density at radius 2 is 1.50 bits per heavy atom. The molecular weight excluding hydrogens is 300 g/mol. The molecule has 0 atom stereocenters. The fourth-order valence-corrected chi connectivity index (χ4v) is 3.17. The lowest BCUT2D eigenvalue weighted by molar-refractivity contribution is 0.0696. The van der Waals surface area contributed by atoms with Gasteiger partial charge in [-0.3, -0.25) is 0 Å². The van der Waals surface area contributed by atoms with E-state index in [1.165, 1.54) is 24.3 Å². The van der Waals surface area contributed by atoms with Crippen molar-refractivity contribution in [3.8, 4) is 0 Å². The molecule has 0 aliphatic heterocycles. The molecule has 0 saturated heterocycles. The van der Waals surface area contributed by atoms with Crippen LogP contribution in [0.5, 0.6) is 0 Å². The third-order valence-corrected chi connectivity index (χ3v) is 4.38. The molecule has 0 heterocycles. The summed E-state index contributed by atoms with van der Waals surface area (Å²) in [6.07, 6.45) is 0. The van der Waals surface area contributed by atoms with Crippen LogP contribution in [0.3, 0.4) is 0 Å². The minimum absolute atomic E-state index is 0. The maximum atomic E-state index is 12.2. The largest absolute Gasteiger partial charge is 0.478 e. The van der Waals surface area contributed by atoms with Crippen LogP contribution in [-0.2, 0) is 15.6 Å². The van der Waals surface area contributed by atoms with Crippen molar-refractivity contribution in [2.45, 2.75) is 10.6 Å². The topological polar surface area (TPSA) is 71.4 Å². The zero-order chi connectivity index (χ0) is 13.9. The molecule has 20 heavy (non-hydrogen) atoms. The maximum Gasteiger partial charge on any atom is 0.335 e. The highest BCUT2D eigenvalue weighted by Gasteiger charge is 2.18. The van der Waals surface area contributed by atoms with E-state index >= 15 is 0 Å². The van der Waals surface area contributed by atoms with E-state index in [1.807, 2.05) is 0 Å². The first-order valence-corrected chi connectivity index (χ1v) is 7.25. The lowest BCUT2D eigenvalue weighted by Crippen LogP contribution is -2.09. The molecule has 6 heteroatoms. The second-order valence-electron chi connectivity index (χ2n) is 4.03. The lowest BCUT2D eigenvalue weighted by Gasteiger charge is -2.07. The third-order valence-electron chi connectivity index (χ3n) is 2.70. The van der Waals surface area contributed by atoms with Gasteiger partial charge in [0.05, 0.1) is 16.2 Å². The number of hydrogen-bond acceptors (Lipinski definition) is 3. The predicted molar refractivity (Wildman–Crippen MR) is 78.0 cm³/mol. The van der Waals surface area contributed by atoms with Crippen LogP contribution in [0.15, 0.2) is 59.5 Å². The summed E-state index contributed by atoms with van der Waals surface area (Å²) < 4.78 is 24.4.